The van der Waals surface area contributed by atoms with Gasteiger partial charge in [0.15, 0.2) is 0 Å². The predicted octanol–water partition coefficient (Wildman–Crippen LogP) is 2.42. The number of aromatic nitrogens is 2. The molecule has 0 unspecified atom stereocenters. The lowest BCUT2D eigenvalue weighted by Crippen LogP contribution is -2.40. The number of amides is 1. The molecule has 5 nitrogen and oxygen atoms in total. The van der Waals surface area contributed by atoms with Gasteiger partial charge >= 0.3 is 0 Å². The molecule has 2 aliphatic rings. The third-order valence-electron chi connectivity index (χ3n) is 4.63. The Balaban J connectivity index is 1.37. The van der Waals surface area contributed by atoms with Crippen LogP contribution in [0.25, 0.3) is 0 Å². The van der Waals surface area contributed by atoms with Crippen LogP contribution in [0.5, 0.6) is 0 Å². The molecule has 0 bridgehead atoms. The van der Waals surface area contributed by atoms with E-state index in [-0.39, 0.29) is 11.9 Å². The number of carbonyl (C=O) groups is 1. The van der Waals surface area contributed by atoms with Gasteiger partial charge in [0.05, 0.1) is 24.7 Å². The molecular weight excluding hydrogens is 308 g/mol. The van der Waals surface area contributed by atoms with Crippen molar-refractivity contribution in [1.29, 1.82) is 0 Å². The molecule has 2 aromatic rings. The Labute approximate surface area is 140 Å². The van der Waals surface area contributed by atoms with Crippen molar-refractivity contribution in [2.24, 2.45) is 5.92 Å². The molecule has 1 amide bonds. The summed E-state index contributed by atoms with van der Waals surface area (Å²) in [7, 11) is 0. The first-order chi connectivity index (χ1) is 11.3. The maximum Gasteiger partial charge on any atom is 0.222 e. The van der Waals surface area contributed by atoms with Gasteiger partial charge in [0.25, 0.3) is 0 Å². The van der Waals surface area contributed by atoms with E-state index in [0.717, 1.165) is 19.0 Å². The van der Waals surface area contributed by atoms with E-state index in [4.69, 9.17) is 0 Å². The fourth-order valence-electron chi connectivity index (χ4n) is 3.31. The van der Waals surface area contributed by atoms with Crippen molar-refractivity contribution in [3.8, 4) is 0 Å². The van der Waals surface area contributed by atoms with Gasteiger partial charge in [-0.25, -0.2) is 0 Å². The number of nitrogens with zero attached hydrogens (tertiary/aromatic N) is 3. The zero-order chi connectivity index (χ0) is 15.6. The smallest absolute Gasteiger partial charge is 0.222 e. The normalized spacial score (nSPS) is 21.1. The monoisotopic (exact) mass is 330 g/mol. The SMILES string of the molecule is O=C(C[C@H]1CN(CC2CC2)Cc2ccnn21)NCc1cccs1. The van der Waals surface area contributed by atoms with Gasteiger partial charge in [0, 0.05) is 30.7 Å². The summed E-state index contributed by atoms with van der Waals surface area (Å²) in [5, 5.41) is 9.51. The van der Waals surface area contributed by atoms with Gasteiger partial charge in [-0.15, -0.1) is 11.3 Å². The summed E-state index contributed by atoms with van der Waals surface area (Å²) in [6.07, 6.45) is 5.08. The molecule has 1 aliphatic heterocycles. The highest BCUT2D eigenvalue weighted by Crippen LogP contribution is 2.32. The quantitative estimate of drug-likeness (QED) is 0.885. The first kappa shape index (κ1) is 14.9. The highest BCUT2D eigenvalue weighted by molar-refractivity contribution is 7.09. The number of thiophene rings is 1. The van der Waals surface area contributed by atoms with Gasteiger partial charge in [-0.05, 0) is 36.3 Å². The summed E-state index contributed by atoms with van der Waals surface area (Å²) < 4.78 is 2.05. The van der Waals surface area contributed by atoms with Crippen LogP contribution in [0.15, 0.2) is 29.8 Å². The van der Waals surface area contributed by atoms with E-state index < -0.39 is 0 Å². The van der Waals surface area contributed by atoms with Gasteiger partial charge in [-0.2, -0.15) is 5.10 Å². The highest BCUT2D eigenvalue weighted by Gasteiger charge is 2.31. The lowest BCUT2D eigenvalue weighted by molar-refractivity contribution is -0.122. The van der Waals surface area contributed by atoms with Gasteiger partial charge in [0.1, 0.15) is 0 Å². The van der Waals surface area contributed by atoms with Crippen LogP contribution in [-0.4, -0.2) is 33.7 Å². The van der Waals surface area contributed by atoms with E-state index in [1.54, 1.807) is 11.3 Å². The molecule has 1 saturated carbocycles. The minimum absolute atomic E-state index is 0.109. The first-order valence-electron chi connectivity index (χ1n) is 8.32. The lowest BCUT2D eigenvalue weighted by Gasteiger charge is -2.33. The summed E-state index contributed by atoms with van der Waals surface area (Å²) in [6, 6.07) is 6.29. The van der Waals surface area contributed by atoms with E-state index in [2.05, 4.69) is 27.4 Å². The molecule has 0 saturated heterocycles. The van der Waals surface area contributed by atoms with E-state index in [1.807, 2.05) is 22.3 Å². The average molecular weight is 330 g/mol. The molecule has 0 aromatic carbocycles. The first-order valence-corrected chi connectivity index (χ1v) is 9.20. The summed E-state index contributed by atoms with van der Waals surface area (Å²) >= 11 is 1.67. The third-order valence-corrected chi connectivity index (χ3v) is 5.50. The molecular formula is C17H22N4OS. The van der Waals surface area contributed by atoms with E-state index in [1.165, 1.54) is 30.0 Å². The highest BCUT2D eigenvalue weighted by atomic mass is 32.1. The minimum atomic E-state index is 0.109. The van der Waals surface area contributed by atoms with E-state index in [9.17, 15) is 4.79 Å². The molecule has 0 spiro atoms. The summed E-state index contributed by atoms with van der Waals surface area (Å²) in [5.74, 6) is 0.982. The Bertz CT molecular complexity index is 662. The summed E-state index contributed by atoms with van der Waals surface area (Å²) in [4.78, 5) is 16.0. The molecule has 1 atom stereocenters. The lowest BCUT2D eigenvalue weighted by atomic mass is 10.1. The molecule has 6 heteroatoms. The van der Waals surface area contributed by atoms with Crippen LogP contribution in [-0.2, 0) is 17.9 Å². The summed E-state index contributed by atoms with van der Waals surface area (Å²) in [6.45, 7) is 3.68. The van der Waals surface area contributed by atoms with Crippen molar-refractivity contribution < 1.29 is 4.79 Å². The van der Waals surface area contributed by atoms with Crippen molar-refractivity contribution in [2.45, 2.75) is 38.4 Å². The Hall–Kier alpha value is -1.66. The zero-order valence-corrected chi connectivity index (χ0v) is 14.0. The van der Waals surface area contributed by atoms with Crippen LogP contribution < -0.4 is 5.32 Å². The van der Waals surface area contributed by atoms with E-state index >= 15 is 0 Å². The molecule has 2 aromatic heterocycles. The van der Waals surface area contributed by atoms with Gasteiger partial charge < -0.3 is 5.32 Å². The van der Waals surface area contributed by atoms with Crippen LogP contribution >= 0.6 is 11.3 Å². The number of rotatable bonds is 6. The van der Waals surface area contributed by atoms with Gasteiger partial charge in [-0.1, -0.05) is 6.07 Å². The van der Waals surface area contributed by atoms with Crippen LogP contribution in [0.3, 0.4) is 0 Å². The topological polar surface area (TPSA) is 50.2 Å². The molecule has 3 heterocycles. The van der Waals surface area contributed by atoms with E-state index in [0.29, 0.717) is 13.0 Å². The Morgan fingerprint density at radius 2 is 2.30 bits per heavy atom. The molecule has 1 aliphatic carbocycles. The van der Waals surface area contributed by atoms with Gasteiger partial charge in [-0.3, -0.25) is 14.4 Å². The molecule has 4 rings (SSSR count). The maximum atomic E-state index is 12.3. The number of hydrogen-bond donors (Lipinski definition) is 1. The number of fused-ring (bicyclic) bond motifs is 1. The molecule has 23 heavy (non-hydrogen) atoms. The number of hydrogen-bond acceptors (Lipinski definition) is 4. The predicted molar refractivity (Wildman–Crippen MR) is 90.0 cm³/mol. The van der Waals surface area contributed by atoms with Crippen molar-refractivity contribution >= 4 is 17.2 Å². The second-order valence-corrected chi connectivity index (χ2v) is 7.65. The second-order valence-electron chi connectivity index (χ2n) is 6.62. The van der Waals surface area contributed by atoms with Crippen molar-refractivity contribution in [3.63, 3.8) is 0 Å². The zero-order valence-electron chi connectivity index (χ0n) is 13.1. The Morgan fingerprint density at radius 1 is 1.39 bits per heavy atom. The summed E-state index contributed by atoms with van der Waals surface area (Å²) in [5.41, 5.74) is 1.23. The molecule has 122 valence electrons. The molecule has 1 N–H and O–H groups in total. The van der Waals surface area contributed by atoms with Crippen LogP contribution in [0, 0.1) is 5.92 Å². The molecule has 1 fully saturated rings. The largest absolute Gasteiger partial charge is 0.351 e. The fourth-order valence-corrected chi connectivity index (χ4v) is 3.95. The van der Waals surface area contributed by atoms with Gasteiger partial charge in [0.2, 0.25) is 5.91 Å². The Kier molecular flexibility index (Phi) is 4.18. The number of nitrogens with one attached hydrogen (secondary N) is 1. The Morgan fingerprint density at radius 3 is 3.09 bits per heavy atom. The van der Waals surface area contributed by atoms with Crippen LogP contribution in [0.1, 0.15) is 35.9 Å². The maximum absolute atomic E-state index is 12.3. The van der Waals surface area contributed by atoms with Crippen LogP contribution in [0.2, 0.25) is 0 Å². The van der Waals surface area contributed by atoms with Crippen molar-refractivity contribution in [2.75, 3.05) is 13.1 Å². The molecule has 0 radical (unpaired) electrons. The minimum Gasteiger partial charge on any atom is -0.351 e. The standard InChI is InChI=1S/C17H22N4OS/c22-17(18-9-16-2-1-7-23-16)8-15-12-20(10-13-3-4-13)11-14-5-6-19-21(14)15/h1-2,5-7,13,15H,3-4,8-12H2,(H,18,22)/t15-/m0/s1. The van der Waals surface area contributed by atoms with Crippen molar-refractivity contribution in [3.05, 3.63) is 40.3 Å². The number of carbonyl (C=O) groups excluding carboxylic acids is 1. The third kappa shape index (κ3) is 3.64. The second kappa shape index (κ2) is 6.45. The van der Waals surface area contributed by atoms with Crippen LogP contribution in [0.4, 0.5) is 0 Å². The average Bonchev–Trinajstić information content (AvgIpc) is 3.03. The fraction of sp³-hybridized carbons (Fsp3) is 0.529. The van der Waals surface area contributed by atoms with Crippen molar-refractivity contribution in [1.82, 2.24) is 20.0 Å².